The Morgan fingerprint density at radius 3 is 2.38 bits per heavy atom. The predicted octanol–water partition coefficient (Wildman–Crippen LogP) is 4.81. The number of nitrogens with two attached hydrogens (primary N) is 1. The van der Waals surface area contributed by atoms with E-state index in [9.17, 15) is 0 Å². The Balaban J connectivity index is 0.000000551. The molecule has 1 fully saturated rings. The second kappa shape index (κ2) is 11.8. The number of rotatable bonds is 3. The third kappa shape index (κ3) is 5.93. The van der Waals surface area contributed by atoms with E-state index in [4.69, 9.17) is 10.7 Å². The number of pyridine rings is 1. The number of piperidine rings is 1. The molecule has 158 valence electrons. The fraction of sp³-hybridized carbons (Fsp3) is 0.500. The first-order valence-corrected chi connectivity index (χ1v) is 12.0. The Morgan fingerprint density at radius 1 is 1.03 bits per heavy atom. The van der Waals surface area contributed by atoms with E-state index in [1.807, 2.05) is 74.5 Å². The highest BCUT2D eigenvalue weighted by Crippen LogP contribution is 2.23. The van der Waals surface area contributed by atoms with E-state index in [0.717, 1.165) is 35.8 Å². The second-order valence-corrected chi connectivity index (χ2v) is 7.63. The van der Waals surface area contributed by atoms with Crippen molar-refractivity contribution in [1.29, 1.82) is 0 Å². The van der Waals surface area contributed by atoms with Gasteiger partial charge in [-0.2, -0.15) is 11.8 Å². The van der Waals surface area contributed by atoms with Crippen LogP contribution in [0.2, 0.25) is 0 Å². The van der Waals surface area contributed by atoms with Crippen molar-refractivity contribution in [2.75, 3.05) is 30.5 Å². The molecule has 0 amide bonds. The van der Waals surface area contributed by atoms with Crippen LogP contribution in [0.5, 0.6) is 0 Å². The molecule has 1 atom stereocenters. The minimum absolute atomic E-state index is 0.0229. The van der Waals surface area contributed by atoms with Crippen molar-refractivity contribution < 1.29 is 0 Å². The summed E-state index contributed by atoms with van der Waals surface area (Å²) < 4.78 is 2.02. The van der Waals surface area contributed by atoms with Crippen molar-refractivity contribution in [1.82, 2.24) is 19.4 Å². The molecule has 6 nitrogen and oxygen atoms in total. The monoisotopic (exact) mass is 414 g/mol. The van der Waals surface area contributed by atoms with Crippen LogP contribution >= 0.6 is 11.8 Å². The Morgan fingerprint density at radius 2 is 1.72 bits per heavy atom. The smallest absolute Gasteiger partial charge is 0.180 e. The molecule has 0 bridgehead atoms. The van der Waals surface area contributed by atoms with Crippen LogP contribution in [0, 0.1) is 0 Å². The van der Waals surface area contributed by atoms with E-state index in [2.05, 4.69) is 14.9 Å². The van der Waals surface area contributed by atoms with Gasteiger partial charge in [-0.3, -0.25) is 4.40 Å². The van der Waals surface area contributed by atoms with Crippen LogP contribution in [0.3, 0.4) is 0 Å². The van der Waals surface area contributed by atoms with Crippen molar-refractivity contribution >= 4 is 23.2 Å². The van der Waals surface area contributed by atoms with Crippen LogP contribution in [-0.2, 0) is 0 Å². The average molecular weight is 415 g/mol. The van der Waals surface area contributed by atoms with Crippen molar-refractivity contribution in [2.24, 2.45) is 5.73 Å². The largest absolute Gasteiger partial charge is 0.357 e. The van der Waals surface area contributed by atoms with Gasteiger partial charge < -0.3 is 10.6 Å². The van der Waals surface area contributed by atoms with Gasteiger partial charge in [-0.1, -0.05) is 19.9 Å². The van der Waals surface area contributed by atoms with Crippen molar-refractivity contribution in [2.45, 2.75) is 46.1 Å². The number of fused-ring (bicyclic) bond motifs is 1. The Bertz CT molecular complexity index is 871. The molecular weight excluding hydrogens is 380 g/mol. The molecule has 0 aliphatic carbocycles. The molecule has 4 rings (SSSR count). The molecule has 0 radical (unpaired) electrons. The topological polar surface area (TPSA) is 72.3 Å². The van der Waals surface area contributed by atoms with Crippen LogP contribution in [0.15, 0.2) is 36.8 Å². The van der Waals surface area contributed by atoms with E-state index in [1.54, 1.807) is 11.8 Å². The second-order valence-electron chi connectivity index (χ2n) is 6.82. The molecule has 3 aromatic rings. The highest BCUT2D eigenvalue weighted by atomic mass is 32.2. The van der Waals surface area contributed by atoms with E-state index < -0.39 is 0 Å². The summed E-state index contributed by atoms with van der Waals surface area (Å²) in [5.41, 5.74) is 8.85. The third-order valence-corrected chi connectivity index (χ3v) is 4.60. The Hall–Kier alpha value is -2.12. The van der Waals surface area contributed by atoms with Gasteiger partial charge in [0.1, 0.15) is 17.2 Å². The zero-order valence-corrected chi connectivity index (χ0v) is 19.1. The third-order valence-electron chi connectivity index (χ3n) is 4.60. The fourth-order valence-electron chi connectivity index (χ4n) is 3.20. The molecule has 0 aromatic carbocycles. The minimum Gasteiger partial charge on any atom is -0.357 e. The summed E-state index contributed by atoms with van der Waals surface area (Å²) in [4.78, 5) is 16.1. The fourth-order valence-corrected chi connectivity index (χ4v) is 3.20. The number of hydrogen-bond donors (Lipinski definition) is 1. The van der Waals surface area contributed by atoms with E-state index in [0.29, 0.717) is 5.82 Å². The number of nitrogens with zero attached hydrogens (tertiary/aromatic N) is 5. The van der Waals surface area contributed by atoms with Gasteiger partial charge in [-0.05, 0) is 56.4 Å². The van der Waals surface area contributed by atoms with Crippen LogP contribution < -0.4 is 10.6 Å². The summed E-state index contributed by atoms with van der Waals surface area (Å²) in [5, 5.41) is 0. The normalized spacial score (nSPS) is 14.5. The van der Waals surface area contributed by atoms with Crippen molar-refractivity contribution in [3.05, 3.63) is 42.4 Å². The lowest BCUT2D eigenvalue weighted by Gasteiger charge is -2.27. The van der Waals surface area contributed by atoms with Gasteiger partial charge in [0.15, 0.2) is 5.82 Å². The maximum absolute atomic E-state index is 6.01. The molecule has 1 unspecified atom stereocenters. The summed E-state index contributed by atoms with van der Waals surface area (Å²) in [6.45, 7) is 8.11. The molecule has 1 saturated heterocycles. The van der Waals surface area contributed by atoms with Gasteiger partial charge in [0.25, 0.3) is 0 Å². The number of aromatic nitrogens is 4. The van der Waals surface area contributed by atoms with Crippen molar-refractivity contribution in [3.63, 3.8) is 0 Å². The van der Waals surface area contributed by atoms with Gasteiger partial charge in [0.2, 0.25) is 0 Å². The lowest BCUT2D eigenvalue weighted by atomic mass is 10.1. The average Bonchev–Trinajstić information content (AvgIpc) is 3.20. The van der Waals surface area contributed by atoms with Gasteiger partial charge >= 0.3 is 0 Å². The summed E-state index contributed by atoms with van der Waals surface area (Å²) in [6.07, 6.45) is 13.5. The molecule has 0 spiro atoms. The zero-order valence-electron chi connectivity index (χ0n) is 18.3. The van der Waals surface area contributed by atoms with Crippen LogP contribution in [0.4, 0.5) is 5.82 Å². The highest BCUT2D eigenvalue weighted by Gasteiger charge is 2.15. The lowest BCUT2D eigenvalue weighted by molar-refractivity contribution is 0.573. The number of imidazole rings is 1. The van der Waals surface area contributed by atoms with Crippen molar-refractivity contribution in [3.8, 4) is 11.5 Å². The van der Waals surface area contributed by atoms with Gasteiger partial charge in [-0.15, -0.1) is 0 Å². The number of anilines is 1. The molecule has 4 heterocycles. The first-order valence-electron chi connectivity index (χ1n) is 10.3. The summed E-state index contributed by atoms with van der Waals surface area (Å²) in [7, 11) is 0. The van der Waals surface area contributed by atoms with Gasteiger partial charge in [0.05, 0.1) is 6.20 Å². The molecule has 7 heteroatoms. The molecule has 29 heavy (non-hydrogen) atoms. The Labute approximate surface area is 179 Å². The maximum atomic E-state index is 6.01. The Kier molecular flexibility index (Phi) is 9.41. The number of hydrogen-bond acceptors (Lipinski definition) is 6. The van der Waals surface area contributed by atoms with Gasteiger partial charge in [0, 0.05) is 31.5 Å². The van der Waals surface area contributed by atoms with E-state index >= 15 is 0 Å². The van der Waals surface area contributed by atoms with E-state index in [-0.39, 0.29) is 6.04 Å². The number of thioether (sulfide) groups is 1. The molecule has 0 saturated carbocycles. The first kappa shape index (κ1) is 23.2. The highest BCUT2D eigenvalue weighted by molar-refractivity contribution is 7.97. The first-order chi connectivity index (χ1) is 14.1. The van der Waals surface area contributed by atoms with Crippen LogP contribution in [0.1, 0.15) is 51.6 Å². The molecule has 1 aliphatic heterocycles. The maximum Gasteiger partial charge on any atom is 0.180 e. The van der Waals surface area contributed by atoms with Gasteiger partial charge in [-0.25, -0.2) is 15.0 Å². The standard InChI is InChI=1S/C18H22N6.C2H6S.C2H6/c1-13(19)14-5-6-16-21-11-15(24(16)12-14)18-20-8-7-17(22-18)23-9-3-2-4-10-23;1-3-2;1-2/h5-8,11-13H,2-4,9-10,19H2,1H3;1-2H3;1-2H3. The summed E-state index contributed by atoms with van der Waals surface area (Å²) in [6, 6.07) is 5.97. The molecule has 1 aliphatic rings. The molecular formula is C22H34N6S. The quantitative estimate of drug-likeness (QED) is 0.663. The SMILES string of the molecule is CC.CC(N)c1ccc2ncc(-c3nccc(N4CCCCC4)n3)n2c1.CSC. The minimum atomic E-state index is -0.0229. The summed E-state index contributed by atoms with van der Waals surface area (Å²) in [5.74, 6) is 1.70. The van der Waals surface area contributed by atoms with Crippen LogP contribution in [-0.4, -0.2) is 45.0 Å². The summed E-state index contributed by atoms with van der Waals surface area (Å²) >= 11 is 1.75. The predicted molar refractivity (Wildman–Crippen MR) is 126 cm³/mol. The van der Waals surface area contributed by atoms with E-state index in [1.165, 1.54) is 19.3 Å². The molecule has 3 aromatic heterocycles. The zero-order chi connectivity index (χ0) is 21.2. The lowest BCUT2D eigenvalue weighted by Crippen LogP contribution is -2.30. The molecule has 2 N–H and O–H groups in total. The van der Waals surface area contributed by atoms with Crippen LogP contribution in [0.25, 0.3) is 17.2 Å².